The van der Waals surface area contributed by atoms with Gasteiger partial charge in [-0.25, -0.2) is 9.97 Å². The van der Waals surface area contributed by atoms with Crippen LogP contribution in [-0.2, 0) is 16.1 Å². The number of nitrogens with zero attached hydrogens (tertiary/aromatic N) is 4. The lowest BCUT2D eigenvalue weighted by atomic mass is 10.1. The van der Waals surface area contributed by atoms with E-state index in [2.05, 4.69) is 15.0 Å². The van der Waals surface area contributed by atoms with Gasteiger partial charge in [-0.3, -0.25) is 4.57 Å². The molecule has 28 heavy (non-hydrogen) atoms. The number of benzene rings is 1. The summed E-state index contributed by atoms with van der Waals surface area (Å²) in [6.45, 7) is -0.173. The van der Waals surface area contributed by atoms with Crippen LogP contribution in [0.1, 0.15) is 11.8 Å². The van der Waals surface area contributed by atoms with Gasteiger partial charge in [-0.1, -0.05) is 12.1 Å². The van der Waals surface area contributed by atoms with Crippen molar-refractivity contribution in [2.75, 3.05) is 13.7 Å². The zero-order chi connectivity index (χ0) is 19.7. The van der Waals surface area contributed by atoms with Crippen molar-refractivity contribution in [1.82, 2.24) is 19.5 Å². The molecule has 0 saturated carbocycles. The van der Waals surface area contributed by atoms with Crippen LogP contribution in [0.15, 0.2) is 36.9 Å². The van der Waals surface area contributed by atoms with E-state index in [9.17, 15) is 15.3 Å². The molecule has 0 radical (unpaired) electrons. The molecule has 0 unspecified atom stereocenters. The molecule has 0 spiro atoms. The molecule has 2 aromatic heterocycles. The van der Waals surface area contributed by atoms with E-state index in [-0.39, 0.29) is 24.6 Å². The van der Waals surface area contributed by atoms with Crippen LogP contribution >= 0.6 is 0 Å². The molecule has 1 fully saturated rings. The molecule has 3 aromatic rings. The molecule has 1 saturated heterocycles. The summed E-state index contributed by atoms with van der Waals surface area (Å²) in [6.07, 6.45) is -0.841. The number of hydrogen-bond acceptors (Lipinski definition) is 9. The standard InChI is InChI=1S/C18H20N4O6/c1-26-11-4-2-3-10(5-11)7-27-15-14(24)12(6-23)28-18(15)22-9-21-13-16(22)19-8-20-17(13)25/h2-5,8-9,12,14-15,18,23-24H,6-7H2,1H3,(H,19,20,25)/t12-,14-,15-,18-/m1/s1. The summed E-state index contributed by atoms with van der Waals surface area (Å²) in [5.41, 5.74) is 1.39. The minimum absolute atomic E-state index is 0.198. The third-order valence-corrected chi connectivity index (χ3v) is 4.68. The minimum Gasteiger partial charge on any atom is -0.497 e. The largest absolute Gasteiger partial charge is 0.497 e. The summed E-state index contributed by atoms with van der Waals surface area (Å²) < 4.78 is 18.5. The molecule has 1 aromatic carbocycles. The highest BCUT2D eigenvalue weighted by molar-refractivity contribution is 5.75. The van der Waals surface area contributed by atoms with Crippen molar-refractivity contribution in [1.29, 1.82) is 0 Å². The monoisotopic (exact) mass is 388 g/mol. The second-order valence-electron chi connectivity index (χ2n) is 6.39. The van der Waals surface area contributed by atoms with Gasteiger partial charge in [0.1, 0.15) is 30.4 Å². The second-order valence-corrected chi connectivity index (χ2v) is 6.39. The summed E-state index contributed by atoms with van der Waals surface area (Å²) in [7, 11) is 1.58. The molecule has 0 bridgehead atoms. The summed E-state index contributed by atoms with van der Waals surface area (Å²) in [4.78, 5) is 11.9. The van der Waals surface area contributed by atoms with Crippen LogP contribution in [0.4, 0.5) is 0 Å². The SMILES string of the molecule is COc1cccc(CO[C@@H]2[C@H](O)[C@@H](CO)O[C@H]2n2cnc3c(O)ncnc32)c1. The highest BCUT2D eigenvalue weighted by Crippen LogP contribution is 2.34. The Morgan fingerprint density at radius 1 is 1.25 bits per heavy atom. The molecule has 3 heterocycles. The number of aromatic hydroxyl groups is 1. The molecule has 1 aliphatic heterocycles. The van der Waals surface area contributed by atoms with Crippen LogP contribution in [0.3, 0.4) is 0 Å². The normalized spacial score (nSPS) is 24.7. The molecule has 4 rings (SSSR count). The van der Waals surface area contributed by atoms with Gasteiger partial charge in [0.15, 0.2) is 17.4 Å². The van der Waals surface area contributed by atoms with Crippen molar-refractivity contribution in [3.63, 3.8) is 0 Å². The van der Waals surface area contributed by atoms with Gasteiger partial charge in [-0.2, -0.15) is 4.98 Å². The molecule has 3 N–H and O–H groups in total. The Bertz CT molecular complexity index is 964. The third-order valence-electron chi connectivity index (χ3n) is 4.68. The highest BCUT2D eigenvalue weighted by Gasteiger charge is 2.46. The van der Waals surface area contributed by atoms with Crippen LogP contribution in [0.2, 0.25) is 0 Å². The van der Waals surface area contributed by atoms with Gasteiger partial charge in [0.25, 0.3) is 0 Å². The van der Waals surface area contributed by atoms with Gasteiger partial charge < -0.3 is 29.5 Å². The number of hydrogen-bond donors (Lipinski definition) is 3. The Kier molecular flexibility index (Phi) is 5.09. The first-order valence-corrected chi connectivity index (χ1v) is 8.67. The molecule has 0 aliphatic carbocycles. The first-order chi connectivity index (χ1) is 13.6. The second kappa shape index (κ2) is 7.68. The van der Waals surface area contributed by atoms with Gasteiger partial charge in [-0.05, 0) is 17.7 Å². The fourth-order valence-electron chi connectivity index (χ4n) is 3.25. The smallest absolute Gasteiger partial charge is 0.242 e. The van der Waals surface area contributed by atoms with E-state index < -0.39 is 24.5 Å². The lowest BCUT2D eigenvalue weighted by molar-refractivity contribution is -0.0761. The van der Waals surface area contributed by atoms with Crippen molar-refractivity contribution in [3.05, 3.63) is 42.5 Å². The number of imidazole rings is 1. The summed E-state index contributed by atoms with van der Waals surface area (Å²) in [6, 6.07) is 7.38. The van der Waals surface area contributed by atoms with Crippen LogP contribution in [0, 0.1) is 0 Å². The van der Waals surface area contributed by atoms with Crippen molar-refractivity contribution >= 4 is 11.2 Å². The summed E-state index contributed by atoms with van der Waals surface area (Å²) in [5.74, 6) is 0.441. The Morgan fingerprint density at radius 2 is 2.11 bits per heavy atom. The number of ether oxygens (including phenoxy) is 3. The molecule has 148 valence electrons. The number of aromatic nitrogens is 4. The minimum atomic E-state index is -1.06. The van der Waals surface area contributed by atoms with E-state index in [1.807, 2.05) is 24.3 Å². The number of rotatable bonds is 6. The molecular weight excluding hydrogens is 368 g/mol. The highest BCUT2D eigenvalue weighted by atomic mass is 16.6. The zero-order valence-corrected chi connectivity index (χ0v) is 15.0. The molecular formula is C18H20N4O6. The van der Waals surface area contributed by atoms with Gasteiger partial charge in [0.2, 0.25) is 5.88 Å². The molecule has 10 nitrogen and oxygen atoms in total. The predicted molar refractivity (Wildman–Crippen MR) is 95.6 cm³/mol. The Balaban J connectivity index is 1.61. The quantitative estimate of drug-likeness (QED) is 0.548. The number of aliphatic hydroxyl groups is 2. The van der Waals surface area contributed by atoms with E-state index in [4.69, 9.17) is 14.2 Å². The van der Waals surface area contributed by atoms with Crippen molar-refractivity contribution in [3.8, 4) is 11.6 Å². The average Bonchev–Trinajstić information content (AvgIpc) is 3.28. The van der Waals surface area contributed by atoms with Crippen LogP contribution in [0.25, 0.3) is 11.2 Å². The fourth-order valence-corrected chi connectivity index (χ4v) is 3.25. The van der Waals surface area contributed by atoms with Crippen LogP contribution < -0.4 is 4.74 Å². The Morgan fingerprint density at radius 3 is 2.89 bits per heavy atom. The van der Waals surface area contributed by atoms with E-state index in [1.165, 1.54) is 12.7 Å². The summed E-state index contributed by atoms with van der Waals surface area (Å²) >= 11 is 0. The average molecular weight is 388 g/mol. The van der Waals surface area contributed by atoms with Gasteiger partial charge in [-0.15, -0.1) is 0 Å². The van der Waals surface area contributed by atoms with Crippen LogP contribution in [0.5, 0.6) is 11.6 Å². The first kappa shape index (κ1) is 18.6. The maximum Gasteiger partial charge on any atom is 0.242 e. The van der Waals surface area contributed by atoms with Crippen molar-refractivity contribution in [2.24, 2.45) is 0 Å². The van der Waals surface area contributed by atoms with Gasteiger partial charge in [0, 0.05) is 0 Å². The van der Waals surface area contributed by atoms with E-state index in [0.717, 1.165) is 5.56 Å². The van der Waals surface area contributed by atoms with E-state index in [0.29, 0.717) is 11.4 Å². The lowest BCUT2D eigenvalue weighted by Crippen LogP contribution is -2.35. The first-order valence-electron chi connectivity index (χ1n) is 8.67. The molecule has 10 heteroatoms. The van der Waals surface area contributed by atoms with E-state index in [1.54, 1.807) is 11.7 Å². The van der Waals surface area contributed by atoms with Crippen molar-refractivity contribution in [2.45, 2.75) is 31.1 Å². The molecule has 0 amide bonds. The predicted octanol–water partition coefficient (Wildman–Crippen LogP) is 0.376. The lowest BCUT2D eigenvalue weighted by Gasteiger charge is -2.22. The third kappa shape index (κ3) is 3.27. The van der Waals surface area contributed by atoms with Crippen LogP contribution in [-0.4, -0.2) is 66.9 Å². The Labute approximate surface area is 160 Å². The maximum atomic E-state index is 10.6. The number of fused-ring (bicyclic) bond motifs is 1. The topological polar surface area (TPSA) is 132 Å². The maximum absolute atomic E-state index is 10.6. The summed E-state index contributed by atoms with van der Waals surface area (Å²) in [5, 5.41) is 30.0. The van der Waals surface area contributed by atoms with Crippen molar-refractivity contribution < 1.29 is 29.5 Å². The fraction of sp³-hybridized carbons (Fsp3) is 0.389. The van der Waals surface area contributed by atoms with E-state index >= 15 is 0 Å². The number of methoxy groups -OCH3 is 1. The molecule has 1 aliphatic rings. The number of aliphatic hydroxyl groups excluding tert-OH is 2. The van der Waals surface area contributed by atoms with Gasteiger partial charge in [0.05, 0.1) is 26.7 Å². The zero-order valence-electron chi connectivity index (χ0n) is 15.0. The Hall–Kier alpha value is -2.79. The molecule has 4 atom stereocenters. The van der Waals surface area contributed by atoms with Gasteiger partial charge >= 0.3 is 0 Å².